The van der Waals surface area contributed by atoms with E-state index in [1.165, 1.54) is 18.3 Å². The van der Waals surface area contributed by atoms with Crippen LogP contribution in [0.5, 0.6) is 0 Å². The molecule has 0 unspecified atom stereocenters. The van der Waals surface area contributed by atoms with Crippen LogP contribution >= 0.6 is 0 Å². The molecule has 3 fully saturated rings. The first-order valence-electron chi connectivity index (χ1n) is 10.4. The third-order valence-corrected chi connectivity index (χ3v) is 7.26. The van der Waals surface area contributed by atoms with Crippen LogP contribution in [0.25, 0.3) is 11.3 Å². The molecule has 1 aromatic carbocycles. The van der Waals surface area contributed by atoms with Gasteiger partial charge in [-0.25, -0.2) is 0 Å². The Kier molecular flexibility index (Phi) is 3.66. The number of imide groups is 1. The van der Waals surface area contributed by atoms with Crippen LogP contribution in [0.4, 0.5) is 5.69 Å². The summed E-state index contributed by atoms with van der Waals surface area (Å²) in [6, 6.07) is 7.93. The maximum Gasteiger partial charge on any atom is 0.270 e. The van der Waals surface area contributed by atoms with E-state index < -0.39 is 4.92 Å². The molecular weight excluding hydrogens is 398 g/mol. The number of nitro groups is 1. The van der Waals surface area contributed by atoms with E-state index in [0.29, 0.717) is 28.9 Å². The van der Waals surface area contributed by atoms with Crippen LogP contribution < -0.4 is 0 Å². The van der Waals surface area contributed by atoms with Gasteiger partial charge in [-0.1, -0.05) is 18.2 Å². The maximum absolute atomic E-state index is 13.0. The summed E-state index contributed by atoms with van der Waals surface area (Å²) in [4.78, 5) is 36.5. The van der Waals surface area contributed by atoms with Gasteiger partial charge >= 0.3 is 0 Å². The summed E-state index contributed by atoms with van der Waals surface area (Å²) < 4.78 is 5.78. The van der Waals surface area contributed by atoms with E-state index in [4.69, 9.17) is 4.42 Å². The number of aryl methyl sites for hydroxylation is 1. The highest BCUT2D eigenvalue weighted by Gasteiger charge is 2.67. The Labute approximate surface area is 177 Å². The molecule has 8 nitrogen and oxygen atoms in total. The van der Waals surface area contributed by atoms with Crippen molar-refractivity contribution in [1.82, 2.24) is 5.01 Å². The van der Waals surface area contributed by atoms with Crippen LogP contribution in [0, 0.1) is 52.5 Å². The van der Waals surface area contributed by atoms with Crippen LogP contribution in [-0.4, -0.2) is 28.0 Å². The van der Waals surface area contributed by atoms with Crippen LogP contribution in [-0.2, 0) is 9.59 Å². The number of carbonyl (C=O) groups is 2. The molecule has 1 aromatic heterocycles. The monoisotopic (exact) mass is 417 g/mol. The molecule has 2 amide bonds. The Morgan fingerprint density at radius 1 is 1.10 bits per heavy atom. The highest BCUT2D eigenvalue weighted by molar-refractivity contribution is 6.06. The van der Waals surface area contributed by atoms with Gasteiger partial charge in [-0.05, 0) is 54.7 Å². The van der Waals surface area contributed by atoms with Gasteiger partial charge in [0, 0.05) is 17.7 Å². The first-order valence-corrected chi connectivity index (χ1v) is 10.4. The van der Waals surface area contributed by atoms with Crippen molar-refractivity contribution in [3.05, 3.63) is 63.9 Å². The summed E-state index contributed by atoms with van der Waals surface area (Å²) in [6.07, 6.45) is 6.72. The minimum absolute atomic E-state index is 0.0237. The summed E-state index contributed by atoms with van der Waals surface area (Å²) >= 11 is 0. The highest BCUT2D eigenvalue weighted by Crippen LogP contribution is 2.65. The van der Waals surface area contributed by atoms with Gasteiger partial charge in [0.2, 0.25) is 0 Å². The molecule has 2 bridgehead atoms. The van der Waals surface area contributed by atoms with Crippen molar-refractivity contribution >= 4 is 23.7 Å². The van der Waals surface area contributed by atoms with E-state index in [1.807, 2.05) is 6.92 Å². The molecule has 5 aliphatic rings. The first-order chi connectivity index (χ1) is 14.9. The van der Waals surface area contributed by atoms with E-state index in [0.717, 1.165) is 17.0 Å². The van der Waals surface area contributed by atoms with E-state index in [1.54, 1.807) is 18.2 Å². The third kappa shape index (κ3) is 2.57. The number of nitrogens with zero attached hydrogens (tertiary/aromatic N) is 3. The summed E-state index contributed by atoms with van der Waals surface area (Å²) in [5, 5.41) is 16.3. The molecule has 31 heavy (non-hydrogen) atoms. The van der Waals surface area contributed by atoms with E-state index >= 15 is 0 Å². The second-order valence-corrected chi connectivity index (χ2v) is 8.85. The van der Waals surface area contributed by atoms with Crippen LogP contribution in [0.3, 0.4) is 0 Å². The smallest absolute Gasteiger partial charge is 0.270 e. The molecule has 0 N–H and O–H groups in total. The van der Waals surface area contributed by atoms with Crippen molar-refractivity contribution in [2.75, 3.05) is 0 Å². The molecule has 4 aliphatic carbocycles. The quantitative estimate of drug-likeness (QED) is 0.249. The average Bonchev–Trinajstić information content (AvgIpc) is 3.40. The van der Waals surface area contributed by atoms with Gasteiger partial charge in [-0.3, -0.25) is 19.7 Å². The van der Waals surface area contributed by atoms with Crippen LogP contribution in [0.2, 0.25) is 0 Å². The fourth-order valence-corrected chi connectivity index (χ4v) is 5.73. The normalized spacial score (nSPS) is 32.6. The number of hydrogen-bond donors (Lipinski definition) is 0. The largest absolute Gasteiger partial charge is 0.455 e. The second kappa shape index (κ2) is 6.23. The van der Waals surface area contributed by atoms with Crippen molar-refractivity contribution in [3.8, 4) is 11.3 Å². The molecule has 1 aliphatic heterocycles. The number of carbonyl (C=O) groups excluding carboxylic acids is 2. The Balaban J connectivity index is 1.25. The molecule has 0 radical (unpaired) electrons. The van der Waals surface area contributed by atoms with Gasteiger partial charge < -0.3 is 4.42 Å². The lowest BCUT2D eigenvalue weighted by Crippen LogP contribution is -2.40. The van der Waals surface area contributed by atoms with Gasteiger partial charge in [0.15, 0.2) is 0 Å². The number of benzene rings is 1. The van der Waals surface area contributed by atoms with Crippen molar-refractivity contribution in [2.24, 2.45) is 40.6 Å². The number of hydrogen-bond acceptors (Lipinski definition) is 6. The lowest BCUT2D eigenvalue weighted by molar-refractivity contribution is -0.384. The lowest BCUT2D eigenvalue weighted by Gasteiger charge is -2.37. The average molecular weight is 417 g/mol. The third-order valence-electron chi connectivity index (χ3n) is 7.26. The molecule has 1 saturated heterocycles. The molecule has 0 spiro atoms. The fraction of sp³-hybridized carbons (Fsp3) is 0.348. The minimum Gasteiger partial charge on any atom is -0.455 e. The zero-order valence-corrected chi connectivity index (χ0v) is 16.7. The summed E-state index contributed by atoms with van der Waals surface area (Å²) in [5.41, 5.74) is 1.42. The molecular formula is C23H19N3O5. The number of rotatable bonds is 4. The Hall–Kier alpha value is -3.55. The van der Waals surface area contributed by atoms with Crippen molar-refractivity contribution in [3.63, 3.8) is 0 Å². The Morgan fingerprint density at radius 3 is 2.42 bits per heavy atom. The van der Waals surface area contributed by atoms with Gasteiger partial charge in [0.05, 0.1) is 23.0 Å². The molecule has 2 heterocycles. The maximum atomic E-state index is 13.0. The molecule has 8 heteroatoms. The fourth-order valence-electron chi connectivity index (χ4n) is 5.73. The highest BCUT2D eigenvalue weighted by atomic mass is 16.6. The number of hydrazone groups is 1. The number of allylic oxidation sites excluding steroid dienone is 2. The van der Waals surface area contributed by atoms with Gasteiger partial charge in [0.1, 0.15) is 11.5 Å². The molecule has 6 atom stereocenters. The molecule has 2 aromatic rings. The molecule has 156 valence electrons. The van der Waals surface area contributed by atoms with E-state index in [2.05, 4.69) is 17.3 Å². The van der Waals surface area contributed by atoms with Crippen LogP contribution in [0.15, 0.2) is 52.0 Å². The van der Waals surface area contributed by atoms with E-state index in [-0.39, 0.29) is 41.2 Å². The predicted octanol–water partition coefficient (Wildman–Crippen LogP) is 3.55. The van der Waals surface area contributed by atoms with Crippen molar-refractivity contribution in [1.29, 1.82) is 0 Å². The Bertz CT molecular complexity index is 1180. The topological polar surface area (TPSA) is 106 Å². The van der Waals surface area contributed by atoms with Crippen LogP contribution in [0.1, 0.15) is 17.7 Å². The van der Waals surface area contributed by atoms with E-state index in [9.17, 15) is 19.7 Å². The number of amides is 2. The summed E-state index contributed by atoms with van der Waals surface area (Å²) in [5.74, 6) is 1.19. The number of nitro benzene ring substituents is 1. The zero-order valence-electron chi connectivity index (χ0n) is 16.7. The predicted molar refractivity (Wildman–Crippen MR) is 110 cm³/mol. The van der Waals surface area contributed by atoms with Crippen molar-refractivity contribution < 1.29 is 18.9 Å². The number of furan rings is 1. The van der Waals surface area contributed by atoms with Gasteiger partial charge in [-0.2, -0.15) is 10.1 Å². The first kappa shape index (κ1) is 18.2. The summed E-state index contributed by atoms with van der Waals surface area (Å²) in [6.45, 7) is 1.84. The van der Waals surface area contributed by atoms with Gasteiger partial charge in [-0.15, -0.1) is 0 Å². The summed E-state index contributed by atoms with van der Waals surface area (Å²) in [7, 11) is 0. The number of non-ortho nitro benzene ring substituents is 1. The van der Waals surface area contributed by atoms with Crippen molar-refractivity contribution in [2.45, 2.75) is 13.3 Å². The minimum atomic E-state index is -0.454. The standard InChI is InChI=1S/C23H19N3O5/c1-11-2-3-12(26(29)30)8-16(11)19-7-4-13(31-19)10-24-25-22(27)20-14-5-6-15(18-9-17(14)18)21(20)23(25)28/h2-8,10,14-15,17-18,20-21H,9H2,1H3/b24-10-/t14-,15-,17-,18+,20-,21+/m0/s1. The second-order valence-electron chi connectivity index (χ2n) is 8.85. The van der Waals surface area contributed by atoms with Gasteiger partial charge in [0.25, 0.3) is 17.5 Å². The Morgan fingerprint density at radius 2 is 1.77 bits per heavy atom. The lowest BCUT2D eigenvalue weighted by atomic mass is 9.63. The SMILES string of the molecule is Cc1ccc([N+](=O)[O-])cc1-c1ccc(/C=N\N2C(=O)[C@@H]3[C@H]4C=C[C@@H]([C@@H]5C[C@H]45)[C@@H]3C2=O)o1. The molecule has 7 rings (SSSR count). The zero-order chi connectivity index (χ0) is 21.4. The molecule has 2 saturated carbocycles.